The minimum absolute atomic E-state index is 0.0210. The molecule has 0 bridgehead atoms. The van der Waals surface area contributed by atoms with Crippen LogP contribution in [0.2, 0.25) is 0 Å². The molecule has 212 valence electrons. The minimum atomic E-state index is -3.27. The fraction of sp³-hybridized carbons (Fsp3) is 0.567. The van der Waals surface area contributed by atoms with E-state index in [1.807, 2.05) is 33.8 Å². The molecule has 6 nitrogen and oxygen atoms in total. The van der Waals surface area contributed by atoms with E-state index < -0.39 is 19.3 Å². The summed E-state index contributed by atoms with van der Waals surface area (Å²) in [6.45, 7) is 11.8. The summed E-state index contributed by atoms with van der Waals surface area (Å²) in [7, 11) is -3.27. The molecule has 0 aliphatic rings. The van der Waals surface area contributed by atoms with Gasteiger partial charge in [0.05, 0.1) is 19.3 Å². The first kappa shape index (κ1) is 32.3. The highest BCUT2D eigenvalue weighted by Gasteiger charge is 2.24. The number of thiophene rings is 1. The number of alkyl carbamates (subject to hydrolysis) is 1. The lowest BCUT2D eigenvalue weighted by Gasteiger charge is -2.24. The van der Waals surface area contributed by atoms with E-state index in [0.29, 0.717) is 19.6 Å². The topological polar surface area (TPSA) is 73.9 Å². The fourth-order valence-corrected chi connectivity index (χ4v) is 6.64. The molecule has 8 heteroatoms. The van der Waals surface area contributed by atoms with Crippen molar-refractivity contribution in [3.05, 3.63) is 69.7 Å². The molecule has 38 heavy (non-hydrogen) atoms. The molecule has 1 unspecified atom stereocenters. The van der Waals surface area contributed by atoms with E-state index in [1.165, 1.54) is 23.3 Å². The van der Waals surface area contributed by atoms with E-state index in [1.54, 1.807) is 31.0 Å². The van der Waals surface area contributed by atoms with Crippen LogP contribution in [0.1, 0.15) is 88.6 Å². The second-order valence-electron chi connectivity index (χ2n) is 10.5. The van der Waals surface area contributed by atoms with Crippen LogP contribution in [-0.2, 0) is 31.2 Å². The zero-order valence-electron chi connectivity index (χ0n) is 23.9. The SMILES string of the molecule is CCOP(=O)(C=C[C@H](C)CC(NC(=O)OC(C)(C)C)c1ccc(CCCCCc2ccccc2)s1)OCC. The summed E-state index contributed by atoms with van der Waals surface area (Å²) in [5, 5.41) is 3.06. The number of carbonyl (C=O) groups excluding carboxylic acids is 1. The molecule has 1 aromatic carbocycles. The lowest BCUT2D eigenvalue weighted by Crippen LogP contribution is -2.35. The highest BCUT2D eigenvalue weighted by Crippen LogP contribution is 2.50. The van der Waals surface area contributed by atoms with Gasteiger partial charge in [-0.3, -0.25) is 4.57 Å². The van der Waals surface area contributed by atoms with E-state index in [2.05, 4.69) is 47.8 Å². The van der Waals surface area contributed by atoms with Crippen molar-refractivity contribution < 1.29 is 23.1 Å². The lowest BCUT2D eigenvalue weighted by molar-refractivity contribution is 0.0499. The Morgan fingerprint density at radius 3 is 2.29 bits per heavy atom. The first-order valence-electron chi connectivity index (χ1n) is 13.7. The monoisotopic (exact) mass is 563 g/mol. The number of allylic oxidation sites excluding steroid dienone is 1. The number of rotatable bonds is 16. The van der Waals surface area contributed by atoms with Gasteiger partial charge in [0, 0.05) is 15.6 Å². The number of hydrogen-bond donors (Lipinski definition) is 1. The third-order valence-electron chi connectivity index (χ3n) is 5.77. The Kier molecular flexibility index (Phi) is 13.8. The third kappa shape index (κ3) is 12.8. The zero-order chi connectivity index (χ0) is 28.0. The van der Waals surface area contributed by atoms with Gasteiger partial charge in [-0.2, -0.15) is 0 Å². The van der Waals surface area contributed by atoms with Gasteiger partial charge in [0.2, 0.25) is 0 Å². The Labute approximate surface area is 233 Å². The first-order chi connectivity index (χ1) is 18.0. The van der Waals surface area contributed by atoms with Crippen LogP contribution in [0.4, 0.5) is 4.79 Å². The van der Waals surface area contributed by atoms with Crippen LogP contribution in [0, 0.1) is 5.92 Å². The van der Waals surface area contributed by atoms with E-state index >= 15 is 0 Å². The Bertz CT molecular complexity index is 1020. The van der Waals surface area contributed by atoms with Crippen molar-refractivity contribution in [1.82, 2.24) is 5.32 Å². The Morgan fingerprint density at radius 1 is 1.00 bits per heavy atom. The molecule has 1 heterocycles. The molecular formula is C30H46NO5PS. The summed E-state index contributed by atoms with van der Waals surface area (Å²) >= 11 is 1.74. The summed E-state index contributed by atoms with van der Waals surface area (Å²) in [4.78, 5) is 15.1. The Morgan fingerprint density at radius 2 is 1.66 bits per heavy atom. The van der Waals surface area contributed by atoms with Gasteiger partial charge >= 0.3 is 13.7 Å². The smallest absolute Gasteiger partial charge is 0.408 e. The van der Waals surface area contributed by atoms with Crippen molar-refractivity contribution in [2.45, 2.75) is 91.7 Å². The maximum atomic E-state index is 12.8. The minimum Gasteiger partial charge on any atom is -0.444 e. The predicted molar refractivity (Wildman–Crippen MR) is 158 cm³/mol. The molecule has 0 radical (unpaired) electrons. The van der Waals surface area contributed by atoms with E-state index in [0.717, 1.165) is 24.1 Å². The molecule has 0 spiro atoms. The van der Waals surface area contributed by atoms with Gasteiger partial charge in [0.25, 0.3) is 0 Å². The molecule has 1 amide bonds. The normalized spacial score (nSPS) is 13.9. The zero-order valence-corrected chi connectivity index (χ0v) is 25.6. The standard InChI is InChI=1S/C30H46NO5PS/c1-7-34-37(33,35-8-2)22-21-24(3)23-27(31-29(32)36-30(4,5)6)28-20-19-26(38-28)18-14-10-13-17-25-15-11-9-12-16-25/h9,11-12,15-16,19-22,24,27H,7-8,10,13-14,17-18,23H2,1-6H3,(H,31,32)/t24-,27?/m0/s1. The second kappa shape index (κ2) is 16.2. The van der Waals surface area contributed by atoms with Gasteiger partial charge in [0.15, 0.2) is 0 Å². The van der Waals surface area contributed by atoms with Crippen LogP contribution in [0.3, 0.4) is 0 Å². The highest BCUT2D eigenvalue weighted by atomic mass is 32.1. The second-order valence-corrected chi connectivity index (χ2v) is 13.6. The van der Waals surface area contributed by atoms with Crippen LogP contribution >= 0.6 is 18.9 Å². The fourth-order valence-electron chi connectivity index (χ4n) is 4.05. The quantitative estimate of drug-likeness (QED) is 0.163. The number of amides is 1. The van der Waals surface area contributed by atoms with Crippen LogP contribution in [-0.4, -0.2) is 24.9 Å². The van der Waals surface area contributed by atoms with Crippen molar-refractivity contribution in [2.75, 3.05) is 13.2 Å². The molecule has 2 atom stereocenters. The van der Waals surface area contributed by atoms with Gasteiger partial charge in [0.1, 0.15) is 5.60 Å². The average molecular weight is 564 g/mol. The average Bonchev–Trinajstić information content (AvgIpc) is 3.31. The van der Waals surface area contributed by atoms with Crippen LogP contribution < -0.4 is 5.32 Å². The van der Waals surface area contributed by atoms with E-state index in [9.17, 15) is 9.36 Å². The molecule has 2 rings (SSSR count). The predicted octanol–water partition coefficient (Wildman–Crippen LogP) is 9.08. The molecule has 0 aliphatic heterocycles. The number of aryl methyl sites for hydroxylation is 2. The van der Waals surface area contributed by atoms with Crippen molar-refractivity contribution in [3.63, 3.8) is 0 Å². The molecule has 1 aromatic heterocycles. The van der Waals surface area contributed by atoms with Gasteiger partial charge in [-0.15, -0.1) is 11.3 Å². The Balaban J connectivity index is 2.01. The molecular weight excluding hydrogens is 517 g/mol. The van der Waals surface area contributed by atoms with Crippen LogP contribution in [0.25, 0.3) is 0 Å². The van der Waals surface area contributed by atoms with Crippen molar-refractivity contribution in [3.8, 4) is 0 Å². The largest absolute Gasteiger partial charge is 0.444 e. The van der Waals surface area contributed by atoms with Gasteiger partial charge < -0.3 is 19.1 Å². The van der Waals surface area contributed by atoms with Gasteiger partial charge in [-0.25, -0.2) is 4.79 Å². The maximum absolute atomic E-state index is 12.8. The molecule has 0 saturated carbocycles. The number of hydrogen-bond acceptors (Lipinski definition) is 6. The molecule has 0 saturated heterocycles. The first-order valence-corrected chi connectivity index (χ1v) is 16.2. The summed E-state index contributed by atoms with van der Waals surface area (Å²) in [6, 6.07) is 14.7. The lowest BCUT2D eigenvalue weighted by atomic mass is 10.0. The number of carbonyl (C=O) groups is 1. The number of nitrogens with one attached hydrogen (secondary N) is 1. The third-order valence-corrected chi connectivity index (χ3v) is 8.80. The summed E-state index contributed by atoms with van der Waals surface area (Å²) in [6.07, 6.45) is 7.70. The number of unbranched alkanes of at least 4 members (excludes halogenated alkanes) is 2. The van der Waals surface area contributed by atoms with E-state index in [-0.39, 0.29) is 12.0 Å². The number of ether oxygens (including phenoxy) is 1. The van der Waals surface area contributed by atoms with Crippen molar-refractivity contribution >= 4 is 25.0 Å². The van der Waals surface area contributed by atoms with Crippen LogP contribution in [0.15, 0.2) is 54.4 Å². The van der Waals surface area contributed by atoms with Gasteiger partial charge in [-0.1, -0.05) is 49.8 Å². The number of benzene rings is 1. The van der Waals surface area contributed by atoms with Gasteiger partial charge in [-0.05, 0) is 90.3 Å². The van der Waals surface area contributed by atoms with Crippen molar-refractivity contribution in [2.24, 2.45) is 5.92 Å². The molecule has 1 N–H and O–H groups in total. The Hall–Kier alpha value is -1.92. The highest BCUT2D eigenvalue weighted by molar-refractivity contribution is 7.57. The summed E-state index contributed by atoms with van der Waals surface area (Å²) in [5.74, 6) is 1.57. The summed E-state index contributed by atoms with van der Waals surface area (Å²) < 4.78 is 29.1. The van der Waals surface area contributed by atoms with Crippen molar-refractivity contribution in [1.29, 1.82) is 0 Å². The van der Waals surface area contributed by atoms with Crippen LogP contribution in [0.5, 0.6) is 0 Å². The van der Waals surface area contributed by atoms with E-state index in [4.69, 9.17) is 13.8 Å². The molecule has 0 fully saturated rings. The molecule has 2 aromatic rings. The molecule has 0 aliphatic carbocycles. The summed E-state index contributed by atoms with van der Waals surface area (Å²) in [5.41, 5.74) is 0.811. The maximum Gasteiger partial charge on any atom is 0.408 e.